The lowest BCUT2D eigenvalue weighted by Gasteiger charge is -2.12. The van der Waals surface area contributed by atoms with Crippen LogP contribution in [0.15, 0.2) is 59.6 Å². The van der Waals surface area contributed by atoms with Crippen LogP contribution < -0.4 is 5.32 Å². The smallest absolute Gasteiger partial charge is 0.290 e. The Kier molecular flexibility index (Phi) is 3.06. The molecule has 0 saturated heterocycles. The Morgan fingerprint density at radius 1 is 1.11 bits per heavy atom. The fraction of sp³-hybridized carbons (Fsp3) is 0.133. The molecular weight excluding hydrogens is 240 g/mol. The molecule has 3 rings (SSSR count). The van der Waals surface area contributed by atoms with Crippen molar-refractivity contribution in [2.75, 3.05) is 11.9 Å². The number of phenols is 1. The van der Waals surface area contributed by atoms with Crippen molar-refractivity contribution < 1.29 is 9.84 Å². The molecule has 1 atom stereocenters. The summed E-state index contributed by atoms with van der Waals surface area (Å²) >= 11 is 0. The molecule has 0 aromatic heterocycles. The molecule has 1 heterocycles. The van der Waals surface area contributed by atoms with Gasteiger partial charge in [0.15, 0.2) is 0 Å². The molecule has 2 N–H and O–H groups in total. The van der Waals surface area contributed by atoms with Crippen molar-refractivity contribution in [3.63, 3.8) is 0 Å². The quantitative estimate of drug-likeness (QED) is 0.866. The molecule has 1 unspecified atom stereocenters. The number of para-hydroxylation sites is 1. The van der Waals surface area contributed by atoms with E-state index in [9.17, 15) is 5.11 Å². The molecule has 0 bridgehead atoms. The molecule has 0 fully saturated rings. The Labute approximate surface area is 111 Å². The number of phenolic OH excluding ortho intramolecular Hbond substituents is 1. The number of nitrogens with zero attached hydrogens (tertiary/aromatic N) is 1. The number of hydrogen-bond donors (Lipinski definition) is 2. The van der Waals surface area contributed by atoms with Gasteiger partial charge < -0.3 is 15.2 Å². The average molecular weight is 254 g/mol. The number of ether oxygens (including phenoxy) is 1. The number of hydrogen-bond acceptors (Lipinski definition) is 4. The van der Waals surface area contributed by atoms with Gasteiger partial charge in [-0.15, -0.1) is 0 Å². The van der Waals surface area contributed by atoms with Gasteiger partial charge in [0.2, 0.25) is 0 Å². The maximum Gasteiger partial charge on any atom is 0.290 e. The SMILES string of the molecule is Oc1cccc(C2CN=C(Nc3ccccc3)O2)c1. The van der Waals surface area contributed by atoms with Crippen LogP contribution in [0.2, 0.25) is 0 Å². The van der Waals surface area contributed by atoms with E-state index >= 15 is 0 Å². The molecule has 2 aromatic rings. The first-order chi connectivity index (χ1) is 9.31. The largest absolute Gasteiger partial charge is 0.508 e. The summed E-state index contributed by atoms with van der Waals surface area (Å²) in [5, 5.41) is 12.6. The van der Waals surface area contributed by atoms with Crippen molar-refractivity contribution in [2.24, 2.45) is 4.99 Å². The van der Waals surface area contributed by atoms with Crippen LogP contribution in [-0.4, -0.2) is 17.7 Å². The Bertz CT molecular complexity index is 596. The molecule has 4 heteroatoms. The Morgan fingerprint density at radius 3 is 2.74 bits per heavy atom. The summed E-state index contributed by atoms with van der Waals surface area (Å²) in [6, 6.07) is 17.3. The molecule has 0 spiro atoms. The monoisotopic (exact) mass is 254 g/mol. The van der Waals surface area contributed by atoms with Gasteiger partial charge in [-0.25, -0.2) is 4.99 Å². The zero-order valence-corrected chi connectivity index (χ0v) is 10.3. The fourth-order valence-corrected chi connectivity index (χ4v) is 1.99. The van der Waals surface area contributed by atoms with Gasteiger partial charge in [-0.2, -0.15) is 0 Å². The minimum absolute atomic E-state index is 0.140. The van der Waals surface area contributed by atoms with Crippen molar-refractivity contribution in [2.45, 2.75) is 6.10 Å². The number of aliphatic imine (C=N–C) groups is 1. The maximum atomic E-state index is 9.47. The highest BCUT2D eigenvalue weighted by Crippen LogP contribution is 2.25. The van der Waals surface area contributed by atoms with E-state index < -0.39 is 0 Å². The summed E-state index contributed by atoms with van der Waals surface area (Å²) in [5.74, 6) is 0.241. The molecule has 0 amide bonds. The number of nitrogens with one attached hydrogen (secondary N) is 1. The minimum Gasteiger partial charge on any atom is -0.508 e. The van der Waals surface area contributed by atoms with Crippen molar-refractivity contribution in [3.05, 3.63) is 60.2 Å². The first kappa shape index (κ1) is 11.6. The number of aromatic hydroxyl groups is 1. The highest BCUT2D eigenvalue weighted by Gasteiger charge is 2.21. The van der Waals surface area contributed by atoms with Crippen LogP contribution in [0.3, 0.4) is 0 Å². The van der Waals surface area contributed by atoms with E-state index in [1.54, 1.807) is 18.2 Å². The van der Waals surface area contributed by atoms with Crippen LogP contribution in [0.5, 0.6) is 5.75 Å². The second kappa shape index (κ2) is 5.02. The standard InChI is InChI=1S/C15H14N2O2/c18-13-8-4-5-11(9-13)14-10-16-15(19-14)17-12-6-2-1-3-7-12/h1-9,14,18H,10H2,(H,16,17). The van der Waals surface area contributed by atoms with Crippen LogP contribution in [0.4, 0.5) is 5.69 Å². The molecular formula is C15H14N2O2. The third-order valence-corrected chi connectivity index (χ3v) is 2.92. The Balaban J connectivity index is 1.67. The number of amidine groups is 1. The van der Waals surface area contributed by atoms with Crippen LogP contribution in [0.25, 0.3) is 0 Å². The van der Waals surface area contributed by atoms with E-state index in [1.165, 1.54) is 0 Å². The van der Waals surface area contributed by atoms with Crippen molar-refractivity contribution in [1.29, 1.82) is 0 Å². The lowest BCUT2D eigenvalue weighted by molar-refractivity contribution is 0.228. The van der Waals surface area contributed by atoms with Gasteiger partial charge in [0.1, 0.15) is 11.9 Å². The third kappa shape index (κ3) is 2.68. The molecule has 1 aliphatic rings. The van der Waals surface area contributed by atoms with Gasteiger partial charge in [0.25, 0.3) is 6.02 Å². The highest BCUT2D eigenvalue weighted by molar-refractivity contribution is 5.90. The first-order valence-corrected chi connectivity index (χ1v) is 6.13. The number of anilines is 1. The zero-order valence-electron chi connectivity index (χ0n) is 10.3. The maximum absolute atomic E-state index is 9.47. The van der Waals surface area contributed by atoms with Crippen LogP contribution in [-0.2, 0) is 4.74 Å². The van der Waals surface area contributed by atoms with Gasteiger partial charge >= 0.3 is 0 Å². The van der Waals surface area contributed by atoms with Gasteiger partial charge in [-0.3, -0.25) is 0 Å². The third-order valence-electron chi connectivity index (χ3n) is 2.92. The van der Waals surface area contributed by atoms with E-state index in [1.807, 2.05) is 36.4 Å². The summed E-state index contributed by atoms with van der Waals surface area (Å²) in [7, 11) is 0. The van der Waals surface area contributed by atoms with Crippen LogP contribution in [0.1, 0.15) is 11.7 Å². The van der Waals surface area contributed by atoms with E-state index in [4.69, 9.17) is 4.74 Å². The molecule has 0 aliphatic carbocycles. The summed E-state index contributed by atoms with van der Waals surface area (Å²) in [6.07, 6.45) is -0.140. The molecule has 2 aromatic carbocycles. The first-order valence-electron chi connectivity index (χ1n) is 6.13. The molecule has 1 aliphatic heterocycles. The molecule has 0 radical (unpaired) electrons. The lowest BCUT2D eigenvalue weighted by atomic mass is 10.1. The Hall–Kier alpha value is -2.49. The van der Waals surface area contributed by atoms with E-state index in [0.717, 1.165) is 11.3 Å². The van der Waals surface area contributed by atoms with Crippen LogP contribution in [0, 0.1) is 0 Å². The van der Waals surface area contributed by atoms with E-state index in [0.29, 0.717) is 12.6 Å². The number of benzene rings is 2. The van der Waals surface area contributed by atoms with Crippen molar-refractivity contribution >= 4 is 11.7 Å². The minimum atomic E-state index is -0.140. The van der Waals surface area contributed by atoms with Crippen molar-refractivity contribution in [3.8, 4) is 5.75 Å². The van der Waals surface area contributed by atoms with E-state index in [2.05, 4.69) is 10.3 Å². The summed E-state index contributed by atoms with van der Waals surface area (Å²) in [6.45, 7) is 0.554. The van der Waals surface area contributed by atoms with Gasteiger partial charge in [-0.1, -0.05) is 30.3 Å². The van der Waals surface area contributed by atoms with Crippen molar-refractivity contribution in [1.82, 2.24) is 0 Å². The second-order valence-electron chi connectivity index (χ2n) is 4.34. The summed E-state index contributed by atoms with van der Waals surface area (Å²) in [5.41, 5.74) is 1.87. The number of rotatable bonds is 2. The topological polar surface area (TPSA) is 53.9 Å². The second-order valence-corrected chi connectivity index (χ2v) is 4.34. The van der Waals surface area contributed by atoms with Crippen LogP contribution >= 0.6 is 0 Å². The normalized spacial score (nSPS) is 17.7. The molecule has 0 saturated carbocycles. The fourth-order valence-electron chi connectivity index (χ4n) is 1.99. The average Bonchev–Trinajstić information content (AvgIpc) is 2.88. The van der Waals surface area contributed by atoms with Gasteiger partial charge in [0, 0.05) is 5.69 Å². The zero-order chi connectivity index (χ0) is 13.1. The lowest BCUT2D eigenvalue weighted by Crippen LogP contribution is -2.13. The predicted octanol–water partition coefficient (Wildman–Crippen LogP) is 2.93. The predicted molar refractivity (Wildman–Crippen MR) is 74.3 cm³/mol. The van der Waals surface area contributed by atoms with Gasteiger partial charge in [0.05, 0.1) is 6.54 Å². The molecule has 19 heavy (non-hydrogen) atoms. The Morgan fingerprint density at radius 2 is 1.95 bits per heavy atom. The van der Waals surface area contributed by atoms with E-state index in [-0.39, 0.29) is 11.9 Å². The summed E-state index contributed by atoms with van der Waals surface area (Å²) < 4.78 is 5.73. The molecule has 4 nitrogen and oxygen atoms in total. The summed E-state index contributed by atoms with van der Waals surface area (Å²) in [4.78, 5) is 4.32. The molecule has 96 valence electrons. The van der Waals surface area contributed by atoms with Gasteiger partial charge in [-0.05, 0) is 29.8 Å². The highest BCUT2D eigenvalue weighted by atomic mass is 16.5.